The van der Waals surface area contributed by atoms with Crippen LogP contribution in [0.5, 0.6) is 0 Å². The molecule has 0 aromatic heterocycles. The number of methoxy groups -OCH3 is 4. The maximum Gasteiger partial charge on any atom is 0.306 e. The Hall–Kier alpha value is -2.36. The summed E-state index contributed by atoms with van der Waals surface area (Å²) >= 11 is 0. The number of nitrogens with two attached hydrogens (primary N) is 2. The highest BCUT2D eigenvalue weighted by Gasteiger charge is 2.07. The summed E-state index contributed by atoms with van der Waals surface area (Å²) < 4.78 is 18.3. The molecule has 0 aliphatic rings. The monoisotopic (exact) mass is 777 g/mol. The summed E-state index contributed by atoms with van der Waals surface area (Å²) in [6, 6.07) is 0. The van der Waals surface area contributed by atoms with Gasteiger partial charge in [-0.15, -0.1) is 0 Å². The Labute approximate surface area is 329 Å². The maximum atomic E-state index is 11.0. The highest BCUT2D eigenvalue weighted by Crippen LogP contribution is 2.03. The number of ether oxygens (including phenoxy) is 4. The molecular formula is C40H84N6O8. The summed E-state index contributed by atoms with van der Waals surface area (Å²) in [6.07, 6.45) is 20.2. The summed E-state index contributed by atoms with van der Waals surface area (Å²) in [6.45, 7) is 12.1. The standard InChI is InChI=1S/C16H32N2O4.2C12H26N2O2/c1-21-15(19)9-5-3-6-11-17-12-7-4-8-13-18-14-10-16(20)22-2;1-16-12(15)8-4-2-6-10-14-11-7-3-5-9-13;1-3-4-5-6-9-14(11-8-13)10-7-12(15)16-2/h17-18H,3-14H2,1-2H3;14H,2-11,13H2,1H3;3-11,13H2,1-2H3. The highest BCUT2D eigenvalue weighted by molar-refractivity contribution is 5.70. The van der Waals surface area contributed by atoms with E-state index in [1.165, 1.54) is 79.8 Å². The van der Waals surface area contributed by atoms with Crippen molar-refractivity contribution in [2.75, 3.05) is 100 Å². The van der Waals surface area contributed by atoms with Gasteiger partial charge in [-0.1, -0.05) is 51.9 Å². The third kappa shape index (κ3) is 49.6. The molecule has 322 valence electrons. The zero-order chi connectivity index (χ0) is 40.8. The molecule has 0 aromatic carbocycles. The van der Waals surface area contributed by atoms with E-state index in [1.54, 1.807) is 0 Å². The van der Waals surface area contributed by atoms with Gasteiger partial charge in [-0.3, -0.25) is 19.2 Å². The van der Waals surface area contributed by atoms with E-state index in [2.05, 4.69) is 46.7 Å². The Balaban J connectivity index is -0.000000737. The van der Waals surface area contributed by atoms with Crippen LogP contribution in [0.1, 0.15) is 135 Å². The largest absolute Gasteiger partial charge is 0.469 e. The number of esters is 4. The van der Waals surface area contributed by atoms with Gasteiger partial charge in [-0.25, -0.2) is 0 Å². The lowest BCUT2D eigenvalue weighted by atomic mass is 10.2. The zero-order valence-electron chi connectivity index (χ0n) is 35.3. The molecule has 54 heavy (non-hydrogen) atoms. The summed E-state index contributed by atoms with van der Waals surface area (Å²) in [7, 11) is 5.70. The van der Waals surface area contributed by atoms with Crippen molar-refractivity contribution in [2.45, 2.75) is 135 Å². The topological polar surface area (TPSA) is 197 Å². The molecule has 0 aliphatic heterocycles. The Morgan fingerprint density at radius 1 is 0.407 bits per heavy atom. The van der Waals surface area contributed by atoms with Crippen molar-refractivity contribution >= 4 is 23.9 Å². The zero-order valence-corrected chi connectivity index (χ0v) is 35.3. The minimum absolute atomic E-state index is 0.102. The van der Waals surface area contributed by atoms with E-state index < -0.39 is 0 Å². The average molecular weight is 777 g/mol. The van der Waals surface area contributed by atoms with Crippen LogP contribution < -0.4 is 27.4 Å². The lowest BCUT2D eigenvalue weighted by molar-refractivity contribution is -0.141. The third-order valence-corrected chi connectivity index (χ3v) is 8.56. The molecule has 0 bridgehead atoms. The van der Waals surface area contributed by atoms with Crippen molar-refractivity contribution in [1.82, 2.24) is 20.9 Å². The first-order chi connectivity index (χ1) is 26.2. The molecule has 14 nitrogen and oxygen atoms in total. The van der Waals surface area contributed by atoms with Gasteiger partial charge in [0.25, 0.3) is 0 Å². The van der Waals surface area contributed by atoms with Crippen molar-refractivity contribution in [2.24, 2.45) is 11.5 Å². The second-order valence-corrected chi connectivity index (χ2v) is 13.3. The number of carbonyl (C=O) groups is 4. The van der Waals surface area contributed by atoms with Crippen LogP contribution in [-0.4, -0.2) is 129 Å². The van der Waals surface area contributed by atoms with Crippen LogP contribution in [0.25, 0.3) is 0 Å². The second kappa shape index (κ2) is 48.7. The Kier molecular flexibility index (Phi) is 50.4. The van der Waals surface area contributed by atoms with Crippen LogP contribution in [-0.2, 0) is 38.1 Å². The lowest BCUT2D eigenvalue weighted by Gasteiger charge is -2.20. The van der Waals surface area contributed by atoms with Gasteiger partial charge in [0.15, 0.2) is 0 Å². The quantitative estimate of drug-likeness (QED) is 0.0340. The normalized spacial score (nSPS) is 10.5. The molecule has 0 saturated heterocycles. The number of hydrogen-bond donors (Lipinski definition) is 5. The van der Waals surface area contributed by atoms with Gasteiger partial charge in [-0.05, 0) is 104 Å². The molecule has 0 fully saturated rings. The van der Waals surface area contributed by atoms with Crippen LogP contribution in [0.3, 0.4) is 0 Å². The van der Waals surface area contributed by atoms with E-state index >= 15 is 0 Å². The van der Waals surface area contributed by atoms with Gasteiger partial charge in [0.05, 0.1) is 41.3 Å². The maximum absolute atomic E-state index is 11.0. The van der Waals surface area contributed by atoms with Gasteiger partial charge >= 0.3 is 23.9 Å². The number of hydrogen-bond acceptors (Lipinski definition) is 14. The molecular weight excluding hydrogens is 692 g/mol. The van der Waals surface area contributed by atoms with Crippen molar-refractivity contribution in [1.29, 1.82) is 0 Å². The molecule has 0 heterocycles. The fraction of sp³-hybridized carbons (Fsp3) is 0.900. The Morgan fingerprint density at radius 2 is 0.796 bits per heavy atom. The van der Waals surface area contributed by atoms with Crippen molar-refractivity contribution in [3.05, 3.63) is 0 Å². The van der Waals surface area contributed by atoms with E-state index in [1.807, 2.05) is 0 Å². The predicted octanol–water partition coefficient (Wildman–Crippen LogP) is 4.46. The number of unbranched alkanes of at least 4 members (excludes halogenated alkanes) is 11. The summed E-state index contributed by atoms with van der Waals surface area (Å²) in [4.78, 5) is 45.8. The van der Waals surface area contributed by atoms with Crippen LogP contribution >= 0.6 is 0 Å². The number of nitrogens with zero attached hydrogens (tertiary/aromatic N) is 1. The van der Waals surface area contributed by atoms with Gasteiger partial charge in [0, 0.05) is 39.0 Å². The smallest absolute Gasteiger partial charge is 0.306 e. The van der Waals surface area contributed by atoms with Gasteiger partial charge in [-0.2, -0.15) is 0 Å². The molecule has 14 heteroatoms. The first kappa shape index (κ1) is 56.0. The molecule has 0 atom stereocenters. The number of nitrogens with one attached hydrogen (secondary N) is 3. The molecule has 0 radical (unpaired) electrons. The minimum atomic E-state index is -0.164. The fourth-order valence-electron chi connectivity index (χ4n) is 5.14. The first-order valence-electron chi connectivity index (χ1n) is 20.8. The van der Waals surface area contributed by atoms with E-state index in [-0.39, 0.29) is 23.9 Å². The van der Waals surface area contributed by atoms with Gasteiger partial charge in [0.2, 0.25) is 0 Å². The molecule has 0 saturated carbocycles. The van der Waals surface area contributed by atoms with E-state index in [0.717, 1.165) is 110 Å². The van der Waals surface area contributed by atoms with Crippen LogP contribution in [0.2, 0.25) is 0 Å². The van der Waals surface area contributed by atoms with Gasteiger partial charge < -0.3 is 51.3 Å². The average Bonchev–Trinajstić information content (AvgIpc) is 3.19. The third-order valence-electron chi connectivity index (χ3n) is 8.56. The number of rotatable bonds is 36. The summed E-state index contributed by atoms with van der Waals surface area (Å²) in [5.41, 5.74) is 10.9. The lowest BCUT2D eigenvalue weighted by Crippen LogP contribution is -2.32. The number of carbonyl (C=O) groups excluding carboxylic acids is 4. The summed E-state index contributed by atoms with van der Waals surface area (Å²) in [5, 5.41) is 10.0. The van der Waals surface area contributed by atoms with Crippen LogP contribution in [0, 0.1) is 0 Å². The van der Waals surface area contributed by atoms with Crippen molar-refractivity contribution < 1.29 is 38.1 Å². The molecule has 0 aliphatic carbocycles. The molecule has 0 spiro atoms. The van der Waals surface area contributed by atoms with E-state index in [4.69, 9.17) is 11.5 Å². The summed E-state index contributed by atoms with van der Waals surface area (Å²) in [5.74, 6) is -0.526. The second-order valence-electron chi connectivity index (χ2n) is 13.3. The molecule has 0 amide bonds. The SMILES string of the molecule is CCCCCCN(CCN)CCC(=O)OC.COC(=O)CCCCCNCCCCCN.COC(=O)CCCCCNCCCCCNCCC(=O)OC. The molecule has 0 aromatic rings. The first-order valence-corrected chi connectivity index (χ1v) is 20.8. The van der Waals surface area contributed by atoms with Crippen molar-refractivity contribution in [3.63, 3.8) is 0 Å². The highest BCUT2D eigenvalue weighted by atomic mass is 16.5. The van der Waals surface area contributed by atoms with Crippen molar-refractivity contribution in [3.8, 4) is 0 Å². The van der Waals surface area contributed by atoms with Crippen LogP contribution in [0.15, 0.2) is 0 Å². The minimum Gasteiger partial charge on any atom is -0.469 e. The fourth-order valence-corrected chi connectivity index (χ4v) is 5.14. The molecule has 7 N–H and O–H groups in total. The molecule has 0 unspecified atom stereocenters. The van der Waals surface area contributed by atoms with Crippen LogP contribution in [0.4, 0.5) is 0 Å². The predicted molar refractivity (Wildman–Crippen MR) is 219 cm³/mol. The Bertz CT molecular complexity index is 797. The molecule has 0 rings (SSSR count). The van der Waals surface area contributed by atoms with E-state index in [9.17, 15) is 19.2 Å². The Morgan fingerprint density at radius 3 is 1.22 bits per heavy atom. The van der Waals surface area contributed by atoms with E-state index in [0.29, 0.717) is 38.8 Å². The van der Waals surface area contributed by atoms with Gasteiger partial charge in [0.1, 0.15) is 0 Å².